The highest BCUT2D eigenvalue weighted by atomic mass is 32.2. The van der Waals surface area contributed by atoms with Gasteiger partial charge in [-0.1, -0.05) is 0 Å². The molecule has 0 saturated heterocycles. The average molecular weight is 282 g/mol. The Kier molecular flexibility index (Phi) is 3.76. The summed E-state index contributed by atoms with van der Waals surface area (Å²) in [5.41, 5.74) is 6.26. The highest BCUT2D eigenvalue weighted by Crippen LogP contribution is 2.06. The maximum atomic E-state index is 11.9. The van der Waals surface area contributed by atoms with Gasteiger partial charge in [-0.15, -0.1) is 0 Å². The second-order valence-electron chi connectivity index (χ2n) is 3.95. The quantitative estimate of drug-likeness (QED) is 0.750. The number of aryl methyl sites for hydroxylation is 1. The van der Waals surface area contributed by atoms with E-state index in [-0.39, 0.29) is 17.4 Å². The maximum absolute atomic E-state index is 11.9. The molecule has 0 atom stereocenters. The summed E-state index contributed by atoms with van der Waals surface area (Å²) in [5, 5.41) is 4.01. The lowest BCUT2D eigenvalue weighted by atomic mass is 10.3. The average Bonchev–Trinajstić information content (AvgIpc) is 2.75. The van der Waals surface area contributed by atoms with E-state index >= 15 is 0 Å². The fourth-order valence-electron chi connectivity index (χ4n) is 1.48. The topological polar surface area (TPSA) is 116 Å². The Morgan fingerprint density at radius 1 is 1.32 bits per heavy atom. The van der Waals surface area contributed by atoms with E-state index in [9.17, 15) is 8.42 Å². The number of sulfonamides is 1. The molecule has 0 bridgehead atoms. The van der Waals surface area contributed by atoms with Crippen LogP contribution in [-0.2, 0) is 23.5 Å². The molecule has 0 aliphatic carbocycles. The van der Waals surface area contributed by atoms with Crippen LogP contribution in [-0.4, -0.2) is 34.7 Å². The number of nitrogens with zero attached hydrogens (tertiary/aromatic N) is 4. The molecule has 0 aromatic carbocycles. The zero-order valence-electron chi connectivity index (χ0n) is 10.3. The summed E-state index contributed by atoms with van der Waals surface area (Å²) in [4.78, 5) is 7.29. The Morgan fingerprint density at radius 3 is 2.58 bits per heavy atom. The third-order valence-electron chi connectivity index (χ3n) is 2.42. The molecular weight excluding hydrogens is 268 g/mol. The smallest absolute Gasteiger partial charge is 0.243 e. The van der Waals surface area contributed by atoms with Crippen LogP contribution in [0.1, 0.15) is 5.56 Å². The minimum Gasteiger partial charge on any atom is -0.368 e. The van der Waals surface area contributed by atoms with Crippen LogP contribution < -0.4 is 10.5 Å². The van der Waals surface area contributed by atoms with Crippen molar-refractivity contribution >= 4 is 16.0 Å². The molecular formula is C10H14N6O2S. The van der Waals surface area contributed by atoms with Gasteiger partial charge >= 0.3 is 0 Å². The summed E-state index contributed by atoms with van der Waals surface area (Å²) in [7, 11) is -1.79. The number of hydrogen-bond donors (Lipinski definition) is 2. The summed E-state index contributed by atoms with van der Waals surface area (Å²) < 4.78 is 27.9. The Hall–Kier alpha value is -2.00. The van der Waals surface area contributed by atoms with Crippen molar-refractivity contribution in [2.24, 2.45) is 7.05 Å². The molecule has 9 heteroatoms. The molecule has 2 aromatic rings. The van der Waals surface area contributed by atoms with Gasteiger partial charge in [0.05, 0.1) is 18.6 Å². The van der Waals surface area contributed by atoms with Gasteiger partial charge in [-0.2, -0.15) is 5.10 Å². The summed E-state index contributed by atoms with van der Waals surface area (Å²) in [6, 6.07) is 0. The van der Waals surface area contributed by atoms with Crippen molar-refractivity contribution in [1.29, 1.82) is 0 Å². The number of nitrogen functional groups attached to an aromatic ring is 1. The first kappa shape index (κ1) is 13.4. The van der Waals surface area contributed by atoms with Crippen molar-refractivity contribution in [1.82, 2.24) is 24.5 Å². The molecule has 0 fully saturated rings. The number of rotatable bonds is 5. The van der Waals surface area contributed by atoms with Gasteiger partial charge in [0.1, 0.15) is 4.90 Å². The summed E-state index contributed by atoms with van der Waals surface area (Å²) in [5.74, 6) is 0.0364. The fraction of sp³-hybridized carbons (Fsp3) is 0.300. The summed E-state index contributed by atoms with van der Waals surface area (Å²) in [6.07, 6.45) is 6.44. The third-order valence-corrected chi connectivity index (χ3v) is 3.84. The van der Waals surface area contributed by atoms with Gasteiger partial charge in [-0.25, -0.2) is 23.1 Å². The van der Waals surface area contributed by atoms with Crippen LogP contribution in [0, 0.1) is 0 Å². The first-order chi connectivity index (χ1) is 8.97. The van der Waals surface area contributed by atoms with Crippen molar-refractivity contribution in [2.75, 3.05) is 12.3 Å². The minimum atomic E-state index is -3.60. The van der Waals surface area contributed by atoms with Crippen molar-refractivity contribution in [3.8, 4) is 0 Å². The van der Waals surface area contributed by atoms with Gasteiger partial charge < -0.3 is 5.73 Å². The Morgan fingerprint density at radius 2 is 2.00 bits per heavy atom. The highest BCUT2D eigenvalue weighted by Gasteiger charge is 2.14. The second kappa shape index (κ2) is 5.33. The third kappa shape index (κ3) is 3.48. The SMILES string of the molecule is Cn1cc(CCNS(=O)(=O)c2cnc(N)nc2)cn1. The van der Waals surface area contributed by atoms with Crippen LogP contribution in [0.15, 0.2) is 29.7 Å². The molecule has 2 heterocycles. The predicted molar refractivity (Wildman–Crippen MR) is 68.5 cm³/mol. The van der Waals surface area contributed by atoms with Gasteiger partial charge in [-0.05, 0) is 12.0 Å². The first-order valence-electron chi connectivity index (χ1n) is 5.52. The maximum Gasteiger partial charge on any atom is 0.243 e. The zero-order chi connectivity index (χ0) is 13.9. The Labute approximate surface area is 110 Å². The van der Waals surface area contributed by atoms with Crippen molar-refractivity contribution in [3.63, 3.8) is 0 Å². The molecule has 8 nitrogen and oxygen atoms in total. The van der Waals surface area contributed by atoms with Gasteiger partial charge in [0.2, 0.25) is 16.0 Å². The molecule has 0 saturated carbocycles. The Balaban J connectivity index is 1.96. The molecule has 2 rings (SSSR count). The van der Waals surface area contributed by atoms with Gasteiger partial charge in [0, 0.05) is 19.8 Å². The number of hydrogen-bond acceptors (Lipinski definition) is 6. The fourth-order valence-corrected chi connectivity index (χ4v) is 2.40. The largest absolute Gasteiger partial charge is 0.368 e. The molecule has 3 N–H and O–H groups in total. The lowest BCUT2D eigenvalue weighted by Crippen LogP contribution is -2.26. The zero-order valence-corrected chi connectivity index (χ0v) is 11.1. The van der Waals surface area contributed by atoms with Crippen LogP contribution >= 0.6 is 0 Å². The standard InChI is InChI=1S/C10H14N6O2S/c1-16-7-8(4-14-16)2-3-15-19(17,18)9-5-12-10(11)13-6-9/h4-7,15H,2-3H2,1H3,(H2,11,12,13). The van der Waals surface area contributed by atoms with E-state index in [2.05, 4.69) is 19.8 Å². The molecule has 0 aliphatic heterocycles. The molecule has 102 valence electrons. The normalized spacial score (nSPS) is 11.6. The Bertz CT molecular complexity index is 649. The lowest BCUT2D eigenvalue weighted by Gasteiger charge is -2.05. The van der Waals surface area contributed by atoms with Crippen molar-refractivity contribution in [3.05, 3.63) is 30.4 Å². The number of aromatic nitrogens is 4. The summed E-state index contributed by atoms with van der Waals surface area (Å²) in [6.45, 7) is 0.276. The lowest BCUT2D eigenvalue weighted by molar-refractivity contribution is 0.580. The number of nitrogens with one attached hydrogen (secondary N) is 1. The van der Waals surface area contributed by atoms with E-state index in [0.29, 0.717) is 6.42 Å². The van der Waals surface area contributed by atoms with E-state index in [4.69, 9.17) is 5.73 Å². The second-order valence-corrected chi connectivity index (χ2v) is 5.71. The molecule has 2 aromatic heterocycles. The van der Waals surface area contributed by atoms with Crippen molar-refractivity contribution < 1.29 is 8.42 Å². The minimum absolute atomic E-state index is 0.00659. The van der Waals surface area contributed by atoms with Gasteiger partial charge in [0.25, 0.3) is 0 Å². The molecule has 0 unspecified atom stereocenters. The van der Waals surface area contributed by atoms with Crippen LogP contribution in [0.3, 0.4) is 0 Å². The van der Waals surface area contributed by atoms with E-state index in [1.807, 2.05) is 6.20 Å². The van der Waals surface area contributed by atoms with Crippen LogP contribution in [0.5, 0.6) is 0 Å². The monoisotopic (exact) mass is 282 g/mol. The predicted octanol–water partition coefficient (Wildman–Crippen LogP) is -0.687. The van der Waals surface area contributed by atoms with E-state index in [0.717, 1.165) is 5.56 Å². The van der Waals surface area contributed by atoms with Crippen LogP contribution in [0.25, 0.3) is 0 Å². The molecule has 0 radical (unpaired) electrons. The van der Waals surface area contributed by atoms with Gasteiger partial charge in [0.15, 0.2) is 0 Å². The van der Waals surface area contributed by atoms with E-state index in [1.54, 1.807) is 17.9 Å². The van der Waals surface area contributed by atoms with Crippen LogP contribution in [0.2, 0.25) is 0 Å². The van der Waals surface area contributed by atoms with Crippen LogP contribution in [0.4, 0.5) is 5.95 Å². The molecule has 0 aliphatic rings. The van der Waals surface area contributed by atoms with E-state index < -0.39 is 10.0 Å². The molecule has 0 amide bonds. The molecule has 0 spiro atoms. The highest BCUT2D eigenvalue weighted by molar-refractivity contribution is 7.89. The number of anilines is 1. The van der Waals surface area contributed by atoms with Crippen molar-refractivity contribution in [2.45, 2.75) is 11.3 Å². The van der Waals surface area contributed by atoms with Gasteiger partial charge in [-0.3, -0.25) is 4.68 Å². The summed E-state index contributed by atoms with van der Waals surface area (Å²) >= 11 is 0. The molecule has 19 heavy (non-hydrogen) atoms. The number of nitrogens with two attached hydrogens (primary N) is 1. The first-order valence-corrected chi connectivity index (χ1v) is 7.00. The van der Waals surface area contributed by atoms with E-state index in [1.165, 1.54) is 12.4 Å².